The van der Waals surface area contributed by atoms with E-state index in [0.29, 0.717) is 15.8 Å². The quantitative estimate of drug-likeness (QED) is 0.552. The molecule has 0 atom stereocenters. The number of benzene rings is 1. The Morgan fingerprint density at radius 3 is 2.86 bits per heavy atom. The molecule has 0 unspecified atom stereocenters. The van der Waals surface area contributed by atoms with Crippen molar-refractivity contribution in [3.8, 4) is 21.3 Å². The summed E-state index contributed by atoms with van der Waals surface area (Å²) < 4.78 is 19.4. The lowest BCUT2D eigenvalue weighted by atomic mass is 10.2. The van der Waals surface area contributed by atoms with E-state index in [2.05, 4.69) is 24.9 Å². The summed E-state index contributed by atoms with van der Waals surface area (Å²) in [6.07, 6.45) is 0. The zero-order chi connectivity index (χ0) is 15.3. The second-order valence-corrected chi connectivity index (χ2v) is 6.58. The molecule has 0 spiro atoms. The number of hydrogen-bond acceptors (Lipinski definition) is 7. The normalized spacial score (nSPS) is 11.4. The van der Waals surface area contributed by atoms with Crippen molar-refractivity contribution in [2.24, 2.45) is 0 Å². The Kier molecular flexibility index (Phi) is 3.13. The SMILES string of the molecule is Cc1nnsc1-c1nn2c(-c3cc(Cl)ccc3F)nnc2s1. The fourth-order valence-corrected chi connectivity index (χ4v) is 3.75. The van der Waals surface area contributed by atoms with Crippen molar-refractivity contribution in [3.05, 3.63) is 34.7 Å². The van der Waals surface area contributed by atoms with E-state index < -0.39 is 5.82 Å². The van der Waals surface area contributed by atoms with Crippen LogP contribution in [0.25, 0.3) is 26.2 Å². The number of rotatable bonds is 2. The van der Waals surface area contributed by atoms with Crippen LogP contribution in [0.2, 0.25) is 5.02 Å². The summed E-state index contributed by atoms with van der Waals surface area (Å²) >= 11 is 8.54. The Balaban J connectivity index is 1.91. The summed E-state index contributed by atoms with van der Waals surface area (Å²) in [5.41, 5.74) is 1.06. The monoisotopic (exact) mass is 352 g/mol. The van der Waals surface area contributed by atoms with Gasteiger partial charge in [-0.2, -0.15) is 9.61 Å². The van der Waals surface area contributed by atoms with Gasteiger partial charge in [0.25, 0.3) is 0 Å². The lowest BCUT2D eigenvalue weighted by Gasteiger charge is -2.00. The Bertz CT molecular complexity index is 991. The zero-order valence-corrected chi connectivity index (χ0v) is 13.4. The van der Waals surface area contributed by atoms with Gasteiger partial charge in [0.1, 0.15) is 10.7 Å². The highest BCUT2D eigenvalue weighted by molar-refractivity contribution is 7.23. The van der Waals surface area contributed by atoms with E-state index in [4.69, 9.17) is 11.6 Å². The van der Waals surface area contributed by atoms with Gasteiger partial charge in [-0.1, -0.05) is 27.4 Å². The van der Waals surface area contributed by atoms with Crippen molar-refractivity contribution in [3.63, 3.8) is 0 Å². The minimum absolute atomic E-state index is 0.260. The van der Waals surface area contributed by atoms with Gasteiger partial charge < -0.3 is 0 Å². The standard InChI is InChI=1S/C12H6ClFN6S2/c1-5-9(22-19-15-5)11-18-20-10(16-17-12(20)21-11)7-4-6(13)2-3-8(7)14/h2-4H,1H3. The van der Waals surface area contributed by atoms with Gasteiger partial charge in [0, 0.05) is 5.02 Å². The van der Waals surface area contributed by atoms with Crippen LogP contribution in [0.5, 0.6) is 0 Å². The molecule has 0 aliphatic carbocycles. The highest BCUT2D eigenvalue weighted by Crippen LogP contribution is 2.32. The molecule has 6 nitrogen and oxygen atoms in total. The minimum Gasteiger partial charge on any atom is -0.206 e. The number of aryl methyl sites for hydroxylation is 1. The smallest absolute Gasteiger partial charge is 0.206 e. The summed E-state index contributed by atoms with van der Waals surface area (Å²) in [5.74, 6) is -0.114. The maximum atomic E-state index is 14.0. The van der Waals surface area contributed by atoms with E-state index >= 15 is 0 Å². The van der Waals surface area contributed by atoms with Gasteiger partial charge >= 0.3 is 0 Å². The molecule has 110 valence electrons. The molecule has 0 aliphatic heterocycles. The summed E-state index contributed by atoms with van der Waals surface area (Å²) in [5, 5.41) is 17.6. The van der Waals surface area contributed by atoms with Crippen LogP contribution >= 0.6 is 34.5 Å². The molecule has 10 heteroatoms. The van der Waals surface area contributed by atoms with Gasteiger partial charge in [-0.15, -0.1) is 15.3 Å². The topological polar surface area (TPSA) is 68.9 Å². The first-order valence-electron chi connectivity index (χ1n) is 6.10. The molecular formula is C12H6ClFN6S2. The number of halogens is 2. The number of fused-ring (bicyclic) bond motifs is 1. The molecular weight excluding hydrogens is 347 g/mol. The Labute approximate surface area is 136 Å². The second-order valence-electron chi connectivity index (χ2n) is 4.44. The van der Waals surface area contributed by atoms with Crippen LogP contribution in [0.15, 0.2) is 18.2 Å². The number of aromatic nitrogens is 6. The van der Waals surface area contributed by atoms with E-state index in [0.717, 1.165) is 15.6 Å². The van der Waals surface area contributed by atoms with E-state index in [1.165, 1.54) is 45.6 Å². The van der Waals surface area contributed by atoms with Gasteiger partial charge in [0.15, 0.2) is 10.8 Å². The molecule has 4 aromatic rings. The van der Waals surface area contributed by atoms with Crippen molar-refractivity contribution in [2.75, 3.05) is 0 Å². The van der Waals surface area contributed by atoms with Crippen LogP contribution in [0, 0.1) is 12.7 Å². The lowest BCUT2D eigenvalue weighted by molar-refractivity contribution is 0.629. The molecule has 3 heterocycles. The van der Waals surface area contributed by atoms with Crippen LogP contribution in [0.3, 0.4) is 0 Å². The van der Waals surface area contributed by atoms with Crippen LogP contribution in [-0.4, -0.2) is 29.4 Å². The average Bonchev–Trinajstić information content (AvgIpc) is 3.16. The minimum atomic E-state index is -0.427. The predicted octanol–water partition coefficient (Wildman–Crippen LogP) is 3.47. The Morgan fingerprint density at radius 2 is 2.09 bits per heavy atom. The molecule has 0 N–H and O–H groups in total. The largest absolute Gasteiger partial charge is 0.235 e. The molecule has 3 aromatic heterocycles. The fraction of sp³-hybridized carbons (Fsp3) is 0.0833. The average molecular weight is 353 g/mol. The molecule has 0 aliphatic rings. The summed E-state index contributed by atoms with van der Waals surface area (Å²) in [6, 6.07) is 4.28. The van der Waals surface area contributed by atoms with Crippen molar-refractivity contribution < 1.29 is 4.39 Å². The number of nitrogens with zero attached hydrogens (tertiary/aromatic N) is 6. The van der Waals surface area contributed by atoms with E-state index in [-0.39, 0.29) is 5.56 Å². The van der Waals surface area contributed by atoms with E-state index in [9.17, 15) is 4.39 Å². The molecule has 0 fully saturated rings. The third-order valence-electron chi connectivity index (χ3n) is 3.01. The molecule has 0 bridgehead atoms. The van der Waals surface area contributed by atoms with Gasteiger partial charge in [0.2, 0.25) is 4.96 Å². The highest BCUT2D eigenvalue weighted by Gasteiger charge is 2.19. The lowest BCUT2D eigenvalue weighted by Crippen LogP contribution is -1.93. The van der Waals surface area contributed by atoms with Crippen LogP contribution in [0.1, 0.15) is 5.69 Å². The third kappa shape index (κ3) is 2.09. The highest BCUT2D eigenvalue weighted by atomic mass is 35.5. The van der Waals surface area contributed by atoms with Crippen molar-refractivity contribution in [1.82, 2.24) is 29.4 Å². The van der Waals surface area contributed by atoms with Gasteiger partial charge in [-0.25, -0.2) is 4.39 Å². The van der Waals surface area contributed by atoms with Crippen molar-refractivity contribution >= 4 is 39.4 Å². The Morgan fingerprint density at radius 1 is 1.23 bits per heavy atom. The summed E-state index contributed by atoms with van der Waals surface area (Å²) in [7, 11) is 0. The molecule has 4 rings (SSSR count). The molecule has 0 saturated heterocycles. The fourth-order valence-electron chi connectivity index (χ4n) is 1.97. The van der Waals surface area contributed by atoms with Crippen molar-refractivity contribution in [2.45, 2.75) is 6.92 Å². The van der Waals surface area contributed by atoms with Gasteiger partial charge in [-0.3, -0.25) is 0 Å². The first kappa shape index (κ1) is 13.7. The molecule has 22 heavy (non-hydrogen) atoms. The van der Waals surface area contributed by atoms with E-state index in [1.807, 2.05) is 6.92 Å². The summed E-state index contributed by atoms with van der Waals surface area (Å²) in [4.78, 5) is 1.44. The molecule has 0 amide bonds. The van der Waals surface area contributed by atoms with Crippen LogP contribution in [0.4, 0.5) is 4.39 Å². The van der Waals surface area contributed by atoms with Crippen LogP contribution < -0.4 is 0 Å². The predicted molar refractivity (Wildman–Crippen MR) is 82.7 cm³/mol. The second kappa shape index (κ2) is 5.04. The zero-order valence-electron chi connectivity index (χ0n) is 11.0. The van der Waals surface area contributed by atoms with Gasteiger partial charge in [0.05, 0.1) is 11.3 Å². The van der Waals surface area contributed by atoms with Crippen molar-refractivity contribution in [1.29, 1.82) is 0 Å². The summed E-state index contributed by atoms with van der Waals surface area (Å²) in [6.45, 7) is 1.86. The van der Waals surface area contributed by atoms with Gasteiger partial charge in [-0.05, 0) is 36.7 Å². The molecule has 0 radical (unpaired) electrons. The van der Waals surface area contributed by atoms with E-state index in [1.54, 1.807) is 0 Å². The molecule has 0 saturated carbocycles. The maximum Gasteiger partial charge on any atom is 0.235 e. The third-order valence-corrected chi connectivity index (χ3v) is 5.12. The first-order chi connectivity index (χ1) is 10.6. The first-order valence-corrected chi connectivity index (χ1v) is 8.07. The number of hydrogen-bond donors (Lipinski definition) is 0. The maximum absolute atomic E-state index is 14.0. The van der Waals surface area contributed by atoms with Crippen LogP contribution in [-0.2, 0) is 0 Å². The Hall–Kier alpha value is -1.97. The molecule has 1 aromatic carbocycles.